The van der Waals surface area contributed by atoms with Gasteiger partial charge in [0.15, 0.2) is 26.6 Å². The van der Waals surface area contributed by atoms with Crippen LogP contribution in [0.15, 0.2) is 34.5 Å². The third kappa shape index (κ3) is 4.06. The van der Waals surface area contributed by atoms with Gasteiger partial charge in [0, 0.05) is 24.0 Å². The van der Waals surface area contributed by atoms with Crippen molar-refractivity contribution >= 4 is 26.3 Å². The maximum Gasteiger partial charge on any atom is 0.185 e. The van der Waals surface area contributed by atoms with E-state index in [1.165, 1.54) is 17.4 Å². The number of piperidine rings is 1. The second kappa shape index (κ2) is 8.56. The van der Waals surface area contributed by atoms with Gasteiger partial charge in [-0.05, 0) is 81.0 Å². The van der Waals surface area contributed by atoms with Crippen molar-refractivity contribution in [1.29, 1.82) is 0 Å². The van der Waals surface area contributed by atoms with Crippen LogP contribution in [0.4, 0.5) is 13.9 Å². The van der Waals surface area contributed by atoms with Gasteiger partial charge in [0.05, 0.1) is 15.8 Å². The molecule has 0 radical (unpaired) electrons. The zero-order chi connectivity index (χ0) is 23.2. The normalized spacial score (nSPS) is 15.4. The number of benzene rings is 2. The van der Waals surface area contributed by atoms with Crippen molar-refractivity contribution in [3.05, 3.63) is 63.5 Å². The third-order valence-corrected chi connectivity index (χ3v) is 9.87. The monoisotopic (exact) mass is 476 g/mol. The highest BCUT2D eigenvalue weighted by Gasteiger charge is 2.34. The molecule has 4 nitrogen and oxygen atoms in total. The van der Waals surface area contributed by atoms with E-state index in [0.717, 1.165) is 39.5 Å². The average Bonchev–Trinajstić information content (AvgIpc) is 3.25. The number of sulfone groups is 1. The molecule has 2 aromatic carbocycles. The molecule has 0 unspecified atom stereocenters. The summed E-state index contributed by atoms with van der Waals surface area (Å²) < 4.78 is 53.8. The fraction of sp³-hybridized carbons (Fsp3) is 0.375. The Balaban J connectivity index is 1.52. The molecule has 0 amide bonds. The van der Waals surface area contributed by atoms with Crippen LogP contribution in [0.3, 0.4) is 0 Å². The van der Waals surface area contributed by atoms with Crippen molar-refractivity contribution in [2.45, 2.75) is 50.7 Å². The minimum absolute atomic E-state index is 0.428. The fourth-order valence-electron chi connectivity index (χ4n) is 4.33. The van der Waals surface area contributed by atoms with Crippen LogP contribution < -0.4 is 4.90 Å². The third-order valence-electron chi connectivity index (χ3n) is 6.44. The highest BCUT2D eigenvalue weighted by Crippen LogP contribution is 2.35. The molecule has 1 fully saturated rings. The van der Waals surface area contributed by atoms with Gasteiger partial charge in [-0.25, -0.2) is 22.2 Å². The molecule has 4 rings (SSSR count). The van der Waals surface area contributed by atoms with E-state index in [2.05, 4.69) is 9.88 Å². The Morgan fingerprint density at radius 3 is 2.19 bits per heavy atom. The number of aryl methyl sites for hydroxylation is 2. The van der Waals surface area contributed by atoms with Crippen LogP contribution in [0.5, 0.6) is 0 Å². The summed E-state index contributed by atoms with van der Waals surface area (Å²) in [5.74, 6) is -1.79. The molecule has 32 heavy (non-hydrogen) atoms. The van der Waals surface area contributed by atoms with E-state index in [4.69, 9.17) is 0 Å². The molecule has 0 saturated carbocycles. The van der Waals surface area contributed by atoms with E-state index in [1.54, 1.807) is 0 Å². The van der Waals surface area contributed by atoms with Gasteiger partial charge in [0.2, 0.25) is 0 Å². The van der Waals surface area contributed by atoms with Crippen molar-refractivity contribution in [3.8, 4) is 11.3 Å². The summed E-state index contributed by atoms with van der Waals surface area (Å²) in [6, 6.07) is 5.78. The molecule has 170 valence electrons. The minimum atomic E-state index is -3.44. The molecular formula is C24H26F2N2O2S2. The number of thiazole rings is 1. The number of halogens is 2. The highest BCUT2D eigenvalue weighted by molar-refractivity contribution is 7.92. The van der Waals surface area contributed by atoms with E-state index in [-0.39, 0.29) is 0 Å². The van der Waals surface area contributed by atoms with Gasteiger partial charge in [0.1, 0.15) is 0 Å². The van der Waals surface area contributed by atoms with Crippen molar-refractivity contribution < 1.29 is 17.2 Å². The number of anilines is 1. The highest BCUT2D eigenvalue weighted by atomic mass is 32.2. The zero-order valence-electron chi connectivity index (χ0n) is 18.6. The largest absolute Gasteiger partial charge is 0.348 e. The number of nitrogens with zero attached hydrogens (tertiary/aromatic N) is 2. The topological polar surface area (TPSA) is 50.3 Å². The summed E-state index contributed by atoms with van der Waals surface area (Å²) in [6.07, 6.45) is 1.04. The first kappa shape index (κ1) is 22.9. The second-order valence-corrected chi connectivity index (χ2v) is 11.5. The average molecular weight is 477 g/mol. The Labute approximate surface area is 191 Å². The fourth-order valence-corrected chi connectivity index (χ4v) is 7.56. The Morgan fingerprint density at radius 1 is 0.969 bits per heavy atom. The Morgan fingerprint density at radius 2 is 1.59 bits per heavy atom. The van der Waals surface area contributed by atoms with Crippen LogP contribution in [-0.4, -0.2) is 31.7 Å². The van der Waals surface area contributed by atoms with Crippen molar-refractivity contribution in [2.75, 3.05) is 18.0 Å². The van der Waals surface area contributed by atoms with Crippen LogP contribution in [0.2, 0.25) is 0 Å². The molecule has 3 aromatic rings. The number of hydrogen-bond donors (Lipinski definition) is 0. The molecule has 2 heterocycles. The smallest absolute Gasteiger partial charge is 0.185 e. The predicted octanol–water partition coefficient (Wildman–Crippen LogP) is 5.76. The molecule has 0 atom stereocenters. The van der Waals surface area contributed by atoms with E-state index in [0.29, 0.717) is 42.1 Å². The van der Waals surface area contributed by atoms with Gasteiger partial charge in [-0.1, -0.05) is 6.07 Å². The van der Waals surface area contributed by atoms with Gasteiger partial charge >= 0.3 is 0 Å². The standard InChI is InChI=1S/C24H26F2N2O2S2/c1-14-11-15(2)17(4)23(16(14)3)32(29,30)19-7-9-28(10-8-19)24-27-22(13-31-24)18-5-6-20(25)21(26)12-18/h5-6,11-13,19H,7-10H2,1-4H3. The lowest BCUT2D eigenvalue weighted by atomic mass is 10.0. The molecule has 1 aromatic heterocycles. The molecule has 1 aliphatic heterocycles. The lowest BCUT2D eigenvalue weighted by Gasteiger charge is -2.32. The van der Waals surface area contributed by atoms with Crippen LogP contribution in [0.1, 0.15) is 35.1 Å². The molecular weight excluding hydrogens is 450 g/mol. The van der Waals surface area contributed by atoms with Gasteiger partial charge in [0.25, 0.3) is 0 Å². The quantitative estimate of drug-likeness (QED) is 0.480. The SMILES string of the molecule is Cc1cc(C)c(C)c(S(=O)(=O)C2CCN(c3nc(-c4ccc(F)c(F)c4)cs3)CC2)c1C. The first-order chi connectivity index (χ1) is 15.1. The van der Waals surface area contributed by atoms with Gasteiger partial charge < -0.3 is 4.90 Å². The van der Waals surface area contributed by atoms with Crippen LogP contribution in [0, 0.1) is 39.3 Å². The molecule has 8 heteroatoms. The summed E-state index contributed by atoms with van der Waals surface area (Å²) in [5, 5.41) is 2.15. The van der Waals surface area contributed by atoms with Crippen molar-refractivity contribution in [1.82, 2.24) is 4.98 Å². The maximum absolute atomic E-state index is 13.6. The number of hydrogen-bond acceptors (Lipinski definition) is 5. The Kier molecular flexibility index (Phi) is 6.11. The summed E-state index contributed by atoms with van der Waals surface area (Å²) in [7, 11) is -3.44. The Bertz CT molecular complexity index is 1250. The lowest BCUT2D eigenvalue weighted by molar-refractivity contribution is 0.509. The molecule has 1 saturated heterocycles. The van der Waals surface area contributed by atoms with E-state index >= 15 is 0 Å². The van der Waals surface area contributed by atoms with Crippen molar-refractivity contribution in [2.24, 2.45) is 0 Å². The van der Waals surface area contributed by atoms with Gasteiger partial charge in [-0.3, -0.25) is 0 Å². The Hall–Kier alpha value is -2.32. The predicted molar refractivity (Wildman–Crippen MR) is 125 cm³/mol. The molecule has 0 N–H and O–H groups in total. The zero-order valence-corrected chi connectivity index (χ0v) is 20.2. The number of rotatable bonds is 4. The number of aromatic nitrogens is 1. The van der Waals surface area contributed by atoms with Crippen LogP contribution in [-0.2, 0) is 9.84 Å². The van der Waals surface area contributed by atoms with Crippen LogP contribution >= 0.6 is 11.3 Å². The summed E-state index contributed by atoms with van der Waals surface area (Å²) in [6.45, 7) is 8.85. The van der Waals surface area contributed by atoms with E-state index in [9.17, 15) is 17.2 Å². The van der Waals surface area contributed by atoms with E-state index in [1.807, 2.05) is 39.1 Å². The van der Waals surface area contributed by atoms with Crippen molar-refractivity contribution in [3.63, 3.8) is 0 Å². The van der Waals surface area contributed by atoms with Crippen LogP contribution in [0.25, 0.3) is 11.3 Å². The summed E-state index contributed by atoms with van der Waals surface area (Å²) >= 11 is 1.42. The second-order valence-electron chi connectivity index (χ2n) is 8.47. The molecule has 1 aliphatic rings. The van der Waals surface area contributed by atoms with Gasteiger partial charge in [-0.15, -0.1) is 11.3 Å². The summed E-state index contributed by atoms with van der Waals surface area (Å²) in [4.78, 5) is 7.14. The maximum atomic E-state index is 13.6. The summed E-state index contributed by atoms with van der Waals surface area (Å²) in [5.41, 5.74) is 4.77. The molecule has 0 spiro atoms. The molecule has 0 bridgehead atoms. The van der Waals surface area contributed by atoms with E-state index < -0.39 is 26.7 Å². The first-order valence-corrected chi connectivity index (χ1v) is 13.0. The first-order valence-electron chi connectivity index (χ1n) is 10.6. The molecule has 0 aliphatic carbocycles. The van der Waals surface area contributed by atoms with Gasteiger partial charge in [-0.2, -0.15) is 0 Å². The lowest BCUT2D eigenvalue weighted by Crippen LogP contribution is -2.39. The minimum Gasteiger partial charge on any atom is -0.348 e.